The van der Waals surface area contributed by atoms with Crippen molar-refractivity contribution in [2.45, 2.75) is 149 Å². The van der Waals surface area contributed by atoms with Gasteiger partial charge in [0.2, 0.25) is 0 Å². The Labute approximate surface area is 616 Å². The molecule has 6 unspecified atom stereocenters. The maximum Gasteiger partial charge on any atom is 0.252 e. The molecule has 12 aromatic carbocycles. The van der Waals surface area contributed by atoms with Crippen molar-refractivity contribution in [1.29, 1.82) is 0 Å². The molecule has 6 atom stereocenters. The van der Waals surface area contributed by atoms with E-state index in [-0.39, 0.29) is 33.8 Å². The molecule has 4 heteroatoms. The molecule has 2 aliphatic heterocycles. The zero-order chi connectivity index (χ0) is 71.0. The Kier molecular flexibility index (Phi) is 13.5. The van der Waals surface area contributed by atoms with E-state index in [0.29, 0.717) is 17.3 Å². The average Bonchev–Trinajstić information content (AvgIpc) is 1.46. The number of aryl methyl sites for hydroxylation is 1. The van der Waals surface area contributed by atoms with Crippen LogP contribution in [0.1, 0.15) is 154 Å². The zero-order valence-electron chi connectivity index (χ0n) is 62.9. The Balaban J connectivity index is 0.998. The molecule has 5 aliphatic carbocycles. The van der Waals surface area contributed by atoms with Gasteiger partial charge in [0.1, 0.15) is 0 Å². The van der Waals surface area contributed by atoms with Crippen LogP contribution in [0.25, 0.3) is 83.1 Å². The molecule has 104 heavy (non-hydrogen) atoms. The van der Waals surface area contributed by atoms with E-state index in [1.165, 1.54) is 188 Å². The summed E-state index contributed by atoms with van der Waals surface area (Å²) in [5.74, 6) is 2.73. The molecular formula is C100H94BN3. The largest absolute Gasteiger partial charge is 0.310 e. The van der Waals surface area contributed by atoms with Crippen LogP contribution in [0.5, 0.6) is 0 Å². The van der Waals surface area contributed by atoms with Crippen LogP contribution in [-0.4, -0.2) is 11.3 Å². The van der Waals surface area contributed by atoms with Gasteiger partial charge in [0.25, 0.3) is 6.71 Å². The number of rotatable bonds is 7. The third-order valence-electron chi connectivity index (χ3n) is 26.7. The lowest BCUT2D eigenvalue weighted by Gasteiger charge is -2.55. The minimum Gasteiger partial charge on any atom is -0.310 e. The van der Waals surface area contributed by atoms with Gasteiger partial charge in [-0.15, -0.1) is 0 Å². The lowest BCUT2D eigenvalue weighted by atomic mass is 9.33. The summed E-state index contributed by atoms with van der Waals surface area (Å²) in [6, 6.07) is 99.2. The van der Waals surface area contributed by atoms with Crippen molar-refractivity contribution in [3.63, 3.8) is 0 Å². The van der Waals surface area contributed by atoms with E-state index in [2.05, 4.69) is 353 Å². The summed E-state index contributed by atoms with van der Waals surface area (Å²) in [5.41, 5.74) is 37.2. The molecule has 1 aromatic heterocycles. The van der Waals surface area contributed by atoms with Crippen LogP contribution in [0, 0.1) is 36.0 Å². The molecule has 13 aromatic rings. The van der Waals surface area contributed by atoms with E-state index in [4.69, 9.17) is 0 Å². The van der Waals surface area contributed by atoms with Gasteiger partial charge in [-0.1, -0.05) is 277 Å². The van der Waals surface area contributed by atoms with Crippen LogP contribution in [0.3, 0.4) is 0 Å². The van der Waals surface area contributed by atoms with E-state index in [9.17, 15) is 0 Å². The molecule has 20 rings (SSSR count). The number of nitrogens with zero attached hydrogens (tertiary/aromatic N) is 3. The van der Waals surface area contributed by atoms with Gasteiger partial charge < -0.3 is 14.4 Å². The van der Waals surface area contributed by atoms with Crippen molar-refractivity contribution in [3.8, 4) is 61.3 Å². The Bertz CT molecular complexity index is 5690. The van der Waals surface area contributed by atoms with Crippen LogP contribution in [0.2, 0.25) is 0 Å². The van der Waals surface area contributed by atoms with Gasteiger partial charge in [-0.05, 0) is 233 Å². The lowest BCUT2D eigenvalue weighted by Crippen LogP contribution is -2.62. The zero-order valence-corrected chi connectivity index (χ0v) is 62.9. The van der Waals surface area contributed by atoms with Gasteiger partial charge in [0, 0.05) is 61.2 Å². The van der Waals surface area contributed by atoms with Crippen LogP contribution < -0.4 is 26.2 Å². The van der Waals surface area contributed by atoms with Gasteiger partial charge in [0.15, 0.2) is 0 Å². The Hall–Kier alpha value is -9.90. The monoisotopic (exact) mass is 1350 g/mol. The number of fused-ring (bicyclic) bond motifs is 16. The highest BCUT2D eigenvalue weighted by molar-refractivity contribution is 7.00. The van der Waals surface area contributed by atoms with Crippen molar-refractivity contribution in [2.75, 3.05) is 9.80 Å². The summed E-state index contributed by atoms with van der Waals surface area (Å²) in [4.78, 5) is 5.67. The summed E-state index contributed by atoms with van der Waals surface area (Å²) in [6.07, 6.45) is 6.78. The van der Waals surface area contributed by atoms with Crippen LogP contribution in [0.15, 0.2) is 249 Å². The highest BCUT2D eigenvalue weighted by atomic mass is 15.2. The number of hydrogen-bond donors (Lipinski definition) is 0. The number of para-hydroxylation sites is 2. The van der Waals surface area contributed by atoms with Gasteiger partial charge in [-0.2, -0.15) is 0 Å². The maximum atomic E-state index is 2.89. The fourth-order valence-electron chi connectivity index (χ4n) is 22.1. The number of anilines is 6. The quantitative estimate of drug-likeness (QED) is 0.147. The van der Waals surface area contributed by atoms with Crippen LogP contribution >= 0.6 is 0 Å². The first-order chi connectivity index (χ1) is 50.0. The molecule has 0 N–H and O–H groups in total. The fourth-order valence-corrected chi connectivity index (χ4v) is 22.1. The summed E-state index contributed by atoms with van der Waals surface area (Å²) in [7, 11) is 0. The summed E-state index contributed by atoms with van der Waals surface area (Å²) >= 11 is 0. The number of benzene rings is 12. The van der Waals surface area contributed by atoms with E-state index in [0.717, 1.165) is 17.5 Å². The number of hydrogen-bond acceptors (Lipinski definition) is 2. The average molecular weight is 1350 g/mol. The van der Waals surface area contributed by atoms with E-state index < -0.39 is 0 Å². The molecule has 4 fully saturated rings. The highest BCUT2D eigenvalue weighted by Crippen LogP contribution is 2.84. The van der Waals surface area contributed by atoms with Crippen LogP contribution in [0.4, 0.5) is 34.1 Å². The van der Waals surface area contributed by atoms with Crippen LogP contribution in [-0.2, 0) is 27.1 Å². The van der Waals surface area contributed by atoms with E-state index in [1.807, 2.05) is 0 Å². The first-order valence-electron chi connectivity index (χ1n) is 38.8. The smallest absolute Gasteiger partial charge is 0.252 e. The normalized spacial score (nSPS) is 21.0. The topological polar surface area (TPSA) is 11.4 Å². The SMILES string of the molecule is Cc1cc(-c2ccccc2)c(N2c3ccc(C(C)(C)C)cc3B3c4cc(C(C)(C)C)ccc4N(c4c(-c5ccc(C(C)(C)C)cc5)cc5c(c4-c4ccccc4)C4(c6ccccc6-5)C5CC6CC7CC4C7(C6)C5)c4cc(-n5c6ccccc6c6ccccc65)cc2c43)c(-c2ccc(C(C)(C)C)cc2)c1. The predicted octanol–water partition coefficient (Wildman–Crippen LogP) is 24.8. The fraction of sp³-hybridized carbons (Fsp3) is 0.280. The van der Waals surface area contributed by atoms with Crippen molar-refractivity contribution in [2.24, 2.45) is 29.1 Å². The third-order valence-corrected chi connectivity index (χ3v) is 26.7. The van der Waals surface area contributed by atoms with Gasteiger partial charge in [0.05, 0.1) is 28.1 Å². The maximum absolute atomic E-state index is 2.89. The third kappa shape index (κ3) is 9.02. The lowest BCUT2D eigenvalue weighted by molar-refractivity contribution is -0.0193. The molecule has 0 amide bonds. The first kappa shape index (κ1) is 63.8. The summed E-state index contributed by atoms with van der Waals surface area (Å²) in [5, 5.41) is 2.49. The molecule has 3 heterocycles. The second kappa shape index (κ2) is 22.1. The van der Waals surface area contributed by atoms with E-state index in [1.54, 1.807) is 11.1 Å². The van der Waals surface area contributed by atoms with Crippen molar-refractivity contribution < 1.29 is 0 Å². The molecule has 3 nitrogen and oxygen atoms in total. The molecule has 0 saturated heterocycles. The highest BCUT2D eigenvalue weighted by Gasteiger charge is 2.77. The molecule has 7 aliphatic rings. The van der Waals surface area contributed by atoms with Gasteiger partial charge in [-0.25, -0.2) is 0 Å². The van der Waals surface area contributed by atoms with Crippen molar-refractivity contribution >= 4 is 79.0 Å². The second-order valence-electron chi connectivity index (χ2n) is 36.7. The Morgan fingerprint density at radius 2 is 0.837 bits per heavy atom. The summed E-state index contributed by atoms with van der Waals surface area (Å²) < 4.78 is 2.61. The molecule has 512 valence electrons. The molecule has 0 radical (unpaired) electrons. The Morgan fingerprint density at radius 3 is 1.38 bits per heavy atom. The van der Waals surface area contributed by atoms with E-state index >= 15 is 0 Å². The van der Waals surface area contributed by atoms with Crippen molar-refractivity contribution in [3.05, 3.63) is 288 Å². The second-order valence-corrected chi connectivity index (χ2v) is 36.7. The Morgan fingerprint density at radius 1 is 0.375 bits per heavy atom. The van der Waals surface area contributed by atoms with Gasteiger partial charge in [-0.3, -0.25) is 0 Å². The molecular weight excluding hydrogens is 1250 g/mol. The predicted molar refractivity (Wildman–Crippen MR) is 442 cm³/mol. The number of aromatic nitrogens is 1. The standard InChI is InChI=1S/C100H94BN3/c1-60-48-76(62-26-16-14-17-27-62)93(77(49-60)63-36-40-66(41-37-63)95(2,3)4)103-85-46-44-68(97(8,9)10)52-81(85)101-82-53-69(98(11,12)13)45-47-86(82)104(88-56-72(55-87(103)92(88)101)102-83-34-24-21-31-74(83)75-32-22-25-35-84(75)102)94-78(64-38-42-67(43-39-64)96(5,6)7)57-79-73-30-20-23-33-80(73)100(91(79)90(94)65-28-18-15-19-29-65)71-51-61-50-70-54-89(100)99(70,58-61)59-71/h14-49,52-53,55-57,61,70-71,89H,50-51,54,58-59H2,1-13H3. The minimum absolute atomic E-state index is 0.0225. The molecule has 4 saturated carbocycles. The minimum atomic E-state index is -0.176. The van der Waals surface area contributed by atoms with Gasteiger partial charge >= 0.3 is 0 Å². The molecule has 2 spiro atoms. The van der Waals surface area contributed by atoms with Crippen molar-refractivity contribution in [1.82, 2.24) is 4.57 Å². The summed E-state index contributed by atoms with van der Waals surface area (Å²) in [6.45, 7) is 30.7. The molecule has 3 bridgehead atoms. The first-order valence-corrected chi connectivity index (χ1v) is 38.8.